The Morgan fingerprint density at radius 3 is 2.60 bits per heavy atom. The van der Waals surface area contributed by atoms with E-state index in [2.05, 4.69) is 20.4 Å². The Balaban J connectivity index is 1.74. The molecular formula is C22H30O3. The van der Waals surface area contributed by atoms with Crippen molar-refractivity contribution in [2.45, 2.75) is 71.3 Å². The van der Waals surface area contributed by atoms with Crippen molar-refractivity contribution in [2.75, 3.05) is 0 Å². The number of allylic oxidation sites excluding steroid dienone is 1. The summed E-state index contributed by atoms with van der Waals surface area (Å²) >= 11 is 0. The lowest BCUT2D eigenvalue weighted by Crippen LogP contribution is -2.57. The molecule has 4 aliphatic carbocycles. The highest BCUT2D eigenvalue weighted by Gasteiger charge is 2.66. The molecule has 0 radical (unpaired) electrons. The van der Waals surface area contributed by atoms with E-state index < -0.39 is 5.60 Å². The minimum atomic E-state index is -1.36. The average molecular weight is 342 g/mol. The van der Waals surface area contributed by atoms with E-state index in [1.165, 1.54) is 12.5 Å². The monoisotopic (exact) mass is 342 g/mol. The fraction of sp³-hybridized carbons (Fsp3) is 0.727. The predicted octanol–water partition coefficient (Wildman–Crippen LogP) is 4.00. The summed E-state index contributed by atoms with van der Waals surface area (Å²) in [5, 5.41) is 11.3. The number of rotatable bonds is 1. The Kier molecular flexibility index (Phi) is 3.55. The van der Waals surface area contributed by atoms with Crippen LogP contribution < -0.4 is 0 Å². The third-order valence-corrected chi connectivity index (χ3v) is 8.67. The van der Waals surface area contributed by atoms with Crippen LogP contribution >= 0.6 is 0 Å². The molecule has 0 aromatic rings. The first-order chi connectivity index (χ1) is 11.6. The van der Waals surface area contributed by atoms with E-state index in [1.807, 2.05) is 6.08 Å². The van der Waals surface area contributed by atoms with E-state index >= 15 is 0 Å². The van der Waals surface area contributed by atoms with Gasteiger partial charge in [0, 0.05) is 11.8 Å². The highest BCUT2D eigenvalue weighted by molar-refractivity contribution is 5.92. The van der Waals surface area contributed by atoms with Gasteiger partial charge in [-0.15, -0.1) is 0 Å². The van der Waals surface area contributed by atoms with Crippen LogP contribution in [0.1, 0.15) is 65.7 Å². The van der Waals surface area contributed by atoms with Crippen molar-refractivity contribution < 1.29 is 14.7 Å². The van der Waals surface area contributed by atoms with Gasteiger partial charge in [0.2, 0.25) is 0 Å². The third kappa shape index (κ3) is 1.96. The Labute approximate surface area is 150 Å². The molecule has 0 unspecified atom stereocenters. The van der Waals surface area contributed by atoms with E-state index in [4.69, 9.17) is 0 Å². The first-order valence-corrected chi connectivity index (χ1v) is 9.80. The summed E-state index contributed by atoms with van der Waals surface area (Å²) in [6.07, 6.45) is 8.26. The highest BCUT2D eigenvalue weighted by Crippen LogP contribution is 2.68. The zero-order valence-corrected chi connectivity index (χ0v) is 15.7. The molecule has 6 atom stereocenters. The summed E-state index contributed by atoms with van der Waals surface area (Å²) in [5.74, 6) is 1.53. The van der Waals surface area contributed by atoms with Gasteiger partial charge < -0.3 is 5.11 Å². The summed E-state index contributed by atoms with van der Waals surface area (Å²) in [5.41, 5.74) is 0.448. The lowest BCUT2D eigenvalue weighted by atomic mass is 9.46. The molecule has 3 fully saturated rings. The Bertz CT molecular complexity index is 704. The molecular weight excluding hydrogens is 312 g/mol. The lowest BCUT2D eigenvalue weighted by Gasteiger charge is -2.58. The molecule has 0 bridgehead atoms. The van der Waals surface area contributed by atoms with Crippen LogP contribution in [0.5, 0.6) is 0 Å². The number of carbonyl (C=O) groups excluding carboxylic acids is 2. The molecule has 0 aliphatic heterocycles. The SMILES string of the molecule is C=C1C[C@H]2[C@H]3CCC4=CC(=O)CC[C@]4(C)[C@H]3CC[C@]2(C)[C@]1(O)C(C)=O. The van der Waals surface area contributed by atoms with E-state index in [-0.39, 0.29) is 22.4 Å². The van der Waals surface area contributed by atoms with Crippen LogP contribution in [-0.4, -0.2) is 22.3 Å². The van der Waals surface area contributed by atoms with Crippen LogP contribution in [0.2, 0.25) is 0 Å². The average Bonchev–Trinajstić information content (AvgIpc) is 2.77. The number of Topliss-reactive ketones (excluding diaryl/α,β-unsaturated/α-hetero) is 1. The molecule has 4 aliphatic rings. The fourth-order valence-corrected chi connectivity index (χ4v) is 7.17. The molecule has 0 amide bonds. The van der Waals surface area contributed by atoms with Crippen molar-refractivity contribution in [1.82, 2.24) is 0 Å². The van der Waals surface area contributed by atoms with Crippen LogP contribution in [0.4, 0.5) is 0 Å². The van der Waals surface area contributed by atoms with Crippen molar-refractivity contribution in [2.24, 2.45) is 28.6 Å². The summed E-state index contributed by atoms with van der Waals surface area (Å²) in [6.45, 7) is 10.1. The van der Waals surface area contributed by atoms with Gasteiger partial charge in [-0.25, -0.2) is 0 Å². The van der Waals surface area contributed by atoms with E-state index in [0.717, 1.165) is 44.1 Å². The maximum Gasteiger partial charge on any atom is 0.166 e. The second-order valence-corrected chi connectivity index (χ2v) is 9.50. The summed E-state index contributed by atoms with van der Waals surface area (Å²) in [7, 11) is 0. The van der Waals surface area contributed by atoms with Gasteiger partial charge in [-0.1, -0.05) is 26.0 Å². The van der Waals surface area contributed by atoms with Crippen molar-refractivity contribution in [3.8, 4) is 0 Å². The summed E-state index contributed by atoms with van der Waals surface area (Å²) in [4.78, 5) is 24.3. The van der Waals surface area contributed by atoms with Gasteiger partial charge in [0.25, 0.3) is 0 Å². The zero-order chi connectivity index (χ0) is 18.2. The number of hydrogen-bond acceptors (Lipinski definition) is 3. The molecule has 0 aromatic carbocycles. The fourth-order valence-electron chi connectivity index (χ4n) is 7.17. The summed E-state index contributed by atoms with van der Waals surface area (Å²) in [6, 6.07) is 0. The van der Waals surface area contributed by atoms with Crippen LogP contribution in [-0.2, 0) is 9.59 Å². The minimum Gasteiger partial charge on any atom is -0.377 e. The Morgan fingerprint density at radius 2 is 1.92 bits per heavy atom. The molecule has 3 nitrogen and oxygen atoms in total. The molecule has 3 heteroatoms. The predicted molar refractivity (Wildman–Crippen MR) is 96.9 cm³/mol. The van der Waals surface area contributed by atoms with E-state index in [9.17, 15) is 14.7 Å². The minimum absolute atomic E-state index is 0.121. The van der Waals surface area contributed by atoms with Crippen LogP contribution in [0, 0.1) is 28.6 Å². The van der Waals surface area contributed by atoms with E-state index in [0.29, 0.717) is 24.2 Å². The third-order valence-electron chi connectivity index (χ3n) is 8.67. The highest BCUT2D eigenvalue weighted by atomic mass is 16.3. The molecule has 136 valence electrons. The van der Waals surface area contributed by atoms with E-state index in [1.54, 1.807) is 0 Å². The summed E-state index contributed by atoms with van der Waals surface area (Å²) < 4.78 is 0. The first kappa shape index (κ1) is 17.2. The number of carbonyl (C=O) groups is 2. The lowest BCUT2D eigenvalue weighted by molar-refractivity contribution is -0.154. The maximum absolute atomic E-state index is 12.4. The largest absolute Gasteiger partial charge is 0.377 e. The van der Waals surface area contributed by atoms with Crippen molar-refractivity contribution in [1.29, 1.82) is 0 Å². The molecule has 0 saturated heterocycles. The van der Waals surface area contributed by atoms with Crippen LogP contribution in [0.25, 0.3) is 0 Å². The molecule has 4 rings (SSSR count). The normalized spacial score (nSPS) is 49.1. The van der Waals surface area contributed by atoms with Gasteiger partial charge in [0.05, 0.1) is 0 Å². The standard InChI is InChI=1S/C22H30O3/c1-13-11-19-17-6-5-15-12-16(24)7-9-20(15,3)18(17)8-10-21(19,4)22(13,25)14(2)23/h12,17-19,25H,1,5-11H2,2-4H3/t17-,18-,19-,20-,21-,22+/m0/s1. The molecule has 3 saturated carbocycles. The number of hydrogen-bond donors (Lipinski definition) is 1. The molecule has 25 heavy (non-hydrogen) atoms. The number of fused-ring (bicyclic) bond motifs is 5. The quantitative estimate of drug-likeness (QED) is 0.733. The second-order valence-electron chi connectivity index (χ2n) is 9.50. The second kappa shape index (κ2) is 5.16. The maximum atomic E-state index is 12.4. The number of aliphatic hydroxyl groups is 1. The molecule has 1 N–H and O–H groups in total. The smallest absolute Gasteiger partial charge is 0.166 e. The van der Waals surface area contributed by atoms with Gasteiger partial charge in [0.15, 0.2) is 11.6 Å². The van der Waals surface area contributed by atoms with Gasteiger partial charge in [-0.2, -0.15) is 0 Å². The van der Waals surface area contributed by atoms with Crippen LogP contribution in [0.3, 0.4) is 0 Å². The van der Waals surface area contributed by atoms with Gasteiger partial charge in [0.1, 0.15) is 5.60 Å². The molecule has 0 heterocycles. The molecule has 0 aromatic heterocycles. The number of ketones is 2. The topological polar surface area (TPSA) is 54.4 Å². The van der Waals surface area contributed by atoms with Gasteiger partial charge in [-0.05, 0) is 80.3 Å². The van der Waals surface area contributed by atoms with Gasteiger partial charge >= 0.3 is 0 Å². The van der Waals surface area contributed by atoms with Crippen molar-refractivity contribution in [3.63, 3.8) is 0 Å². The zero-order valence-electron chi connectivity index (χ0n) is 15.7. The molecule has 0 spiro atoms. The first-order valence-electron chi connectivity index (χ1n) is 9.80. The van der Waals surface area contributed by atoms with Crippen molar-refractivity contribution in [3.05, 3.63) is 23.8 Å². The Hall–Kier alpha value is -1.22. The van der Waals surface area contributed by atoms with Crippen LogP contribution in [0.15, 0.2) is 23.8 Å². The van der Waals surface area contributed by atoms with Crippen molar-refractivity contribution >= 4 is 11.6 Å². The Morgan fingerprint density at radius 1 is 1.20 bits per heavy atom. The van der Waals surface area contributed by atoms with Gasteiger partial charge in [-0.3, -0.25) is 9.59 Å².